The molecule has 2 atom stereocenters. The highest BCUT2D eigenvalue weighted by Gasteiger charge is 2.13. The molecule has 0 aliphatic rings. The highest BCUT2D eigenvalue weighted by Crippen LogP contribution is 2.29. The summed E-state index contributed by atoms with van der Waals surface area (Å²) in [4.78, 5) is 1.94. The molecule has 0 aliphatic carbocycles. The molecular weight excluding hydrogens is 270 g/mol. The monoisotopic (exact) mass is 287 g/mol. The number of aliphatic hydroxyl groups excluding tert-OH is 2. The second kappa shape index (κ2) is 5.66. The van der Waals surface area contributed by atoms with Gasteiger partial charge in [0, 0.05) is 29.3 Å². The van der Waals surface area contributed by atoms with E-state index in [-0.39, 0.29) is 0 Å². The third-order valence-electron chi connectivity index (χ3n) is 2.39. The van der Waals surface area contributed by atoms with Gasteiger partial charge in [-0.05, 0) is 26.0 Å². The first-order valence-electron chi connectivity index (χ1n) is 5.28. The summed E-state index contributed by atoms with van der Waals surface area (Å²) >= 11 is 3.41. The van der Waals surface area contributed by atoms with Crippen LogP contribution in [0, 0.1) is 0 Å². The maximum Gasteiger partial charge on any atom is 0.0782 e. The van der Waals surface area contributed by atoms with Crippen molar-refractivity contribution in [3.8, 4) is 0 Å². The SMILES string of the molecule is CC(O)CN(C)c1cc(Br)ccc1C(C)O. The van der Waals surface area contributed by atoms with E-state index < -0.39 is 12.2 Å². The molecule has 1 aromatic rings. The van der Waals surface area contributed by atoms with Crippen LogP contribution in [0.15, 0.2) is 22.7 Å². The van der Waals surface area contributed by atoms with Gasteiger partial charge in [-0.15, -0.1) is 0 Å². The van der Waals surface area contributed by atoms with Gasteiger partial charge in [0.15, 0.2) is 0 Å². The van der Waals surface area contributed by atoms with Gasteiger partial charge in [-0.25, -0.2) is 0 Å². The Kier molecular flexibility index (Phi) is 4.77. The number of likely N-dealkylation sites (N-methyl/N-ethyl adjacent to an activating group) is 1. The molecule has 3 nitrogen and oxygen atoms in total. The predicted molar refractivity (Wildman–Crippen MR) is 69.7 cm³/mol. The summed E-state index contributed by atoms with van der Waals surface area (Å²) in [6.07, 6.45) is -0.912. The molecule has 0 saturated carbocycles. The van der Waals surface area contributed by atoms with Gasteiger partial charge < -0.3 is 15.1 Å². The number of anilines is 1. The minimum atomic E-state index is -0.514. The minimum absolute atomic E-state index is 0.397. The second-order valence-corrected chi connectivity index (χ2v) is 5.02. The van der Waals surface area contributed by atoms with E-state index in [9.17, 15) is 10.2 Å². The number of hydrogen-bond acceptors (Lipinski definition) is 3. The average Bonchev–Trinajstić information content (AvgIpc) is 2.15. The Morgan fingerprint density at radius 3 is 2.44 bits per heavy atom. The van der Waals surface area contributed by atoms with Crippen molar-refractivity contribution >= 4 is 21.6 Å². The highest BCUT2D eigenvalue weighted by molar-refractivity contribution is 9.10. The van der Waals surface area contributed by atoms with Gasteiger partial charge in [-0.3, -0.25) is 0 Å². The van der Waals surface area contributed by atoms with E-state index in [2.05, 4.69) is 15.9 Å². The maximum atomic E-state index is 9.67. The number of halogens is 1. The molecule has 0 saturated heterocycles. The van der Waals surface area contributed by atoms with Crippen molar-refractivity contribution in [2.75, 3.05) is 18.5 Å². The molecule has 1 rings (SSSR count). The van der Waals surface area contributed by atoms with Gasteiger partial charge >= 0.3 is 0 Å². The maximum absolute atomic E-state index is 9.67. The highest BCUT2D eigenvalue weighted by atomic mass is 79.9. The van der Waals surface area contributed by atoms with Crippen LogP contribution in [-0.2, 0) is 0 Å². The molecule has 0 fully saturated rings. The van der Waals surface area contributed by atoms with Gasteiger partial charge in [0.1, 0.15) is 0 Å². The molecule has 16 heavy (non-hydrogen) atoms. The van der Waals surface area contributed by atoms with Gasteiger partial charge in [0.05, 0.1) is 12.2 Å². The smallest absolute Gasteiger partial charge is 0.0782 e. The van der Waals surface area contributed by atoms with Crippen LogP contribution in [0.1, 0.15) is 25.5 Å². The molecular formula is C12H18BrNO2. The normalized spacial score (nSPS) is 14.6. The Bertz CT molecular complexity index is 353. The molecule has 4 heteroatoms. The van der Waals surface area contributed by atoms with Crippen LogP contribution < -0.4 is 4.90 Å². The average molecular weight is 288 g/mol. The van der Waals surface area contributed by atoms with Crippen LogP contribution in [0.3, 0.4) is 0 Å². The van der Waals surface area contributed by atoms with Crippen molar-refractivity contribution in [3.63, 3.8) is 0 Å². The van der Waals surface area contributed by atoms with Crippen molar-refractivity contribution in [2.45, 2.75) is 26.1 Å². The minimum Gasteiger partial charge on any atom is -0.392 e. The van der Waals surface area contributed by atoms with E-state index >= 15 is 0 Å². The number of hydrogen-bond donors (Lipinski definition) is 2. The molecule has 0 heterocycles. The van der Waals surface area contributed by atoms with Gasteiger partial charge in [0.25, 0.3) is 0 Å². The first kappa shape index (κ1) is 13.5. The number of aliphatic hydroxyl groups is 2. The Morgan fingerprint density at radius 1 is 1.31 bits per heavy atom. The Balaban J connectivity index is 3.04. The van der Waals surface area contributed by atoms with E-state index in [4.69, 9.17) is 0 Å². The second-order valence-electron chi connectivity index (χ2n) is 4.11. The van der Waals surface area contributed by atoms with Crippen LogP contribution in [0.5, 0.6) is 0 Å². The predicted octanol–water partition coefficient (Wildman–Crippen LogP) is 2.32. The summed E-state index contributed by atoms with van der Waals surface area (Å²) < 4.78 is 0.962. The molecule has 0 bridgehead atoms. The first-order valence-corrected chi connectivity index (χ1v) is 6.08. The topological polar surface area (TPSA) is 43.7 Å². The molecule has 90 valence electrons. The zero-order chi connectivity index (χ0) is 12.3. The zero-order valence-corrected chi connectivity index (χ0v) is 11.4. The van der Waals surface area contributed by atoms with E-state index in [1.807, 2.05) is 30.1 Å². The van der Waals surface area contributed by atoms with E-state index in [1.54, 1.807) is 13.8 Å². The van der Waals surface area contributed by atoms with Crippen molar-refractivity contribution in [1.29, 1.82) is 0 Å². The van der Waals surface area contributed by atoms with E-state index in [1.165, 1.54) is 0 Å². The van der Waals surface area contributed by atoms with E-state index in [0.29, 0.717) is 6.54 Å². The Morgan fingerprint density at radius 2 is 1.94 bits per heavy atom. The van der Waals surface area contributed by atoms with Gasteiger partial charge in [-0.1, -0.05) is 22.0 Å². The number of nitrogens with zero attached hydrogens (tertiary/aromatic N) is 1. The van der Waals surface area contributed by atoms with E-state index in [0.717, 1.165) is 15.7 Å². The lowest BCUT2D eigenvalue weighted by Gasteiger charge is -2.25. The summed E-state index contributed by atoms with van der Waals surface area (Å²) in [7, 11) is 1.90. The largest absolute Gasteiger partial charge is 0.392 e. The van der Waals surface area contributed by atoms with Gasteiger partial charge in [-0.2, -0.15) is 0 Å². The third-order valence-corrected chi connectivity index (χ3v) is 2.89. The summed E-state index contributed by atoms with van der Waals surface area (Å²) in [5.74, 6) is 0. The molecule has 2 unspecified atom stereocenters. The third kappa shape index (κ3) is 3.47. The Hall–Kier alpha value is -0.580. The molecule has 1 aromatic carbocycles. The zero-order valence-electron chi connectivity index (χ0n) is 9.81. The fourth-order valence-corrected chi connectivity index (χ4v) is 2.04. The van der Waals surface area contributed by atoms with Crippen LogP contribution in [0.25, 0.3) is 0 Å². The van der Waals surface area contributed by atoms with Crippen molar-refractivity contribution < 1.29 is 10.2 Å². The molecule has 0 aromatic heterocycles. The lowest BCUT2D eigenvalue weighted by atomic mass is 10.1. The summed E-state index contributed by atoms with van der Waals surface area (Å²) in [6, 6.07) is 5.74. The standard InChI is InChI=1S/C12H18BrNO2/c1-8(15)7-14(3)12-6-10(13)4-5-11(12)9(2)16/h4-6,8-9,15-16H,7H2,1-3H3. The number of benzene rings is 1. The fourth-order valence-electron chi connectivity index (χ4n) is 1.70. The molecule has 2 N–H and O–H groups in total. The number of rotatable bonds is 4. The Labute approximate surface area is 105 Å². The summed E-state index contributed by atoms with van der Waals surface area (Å²) in [5, 5.41) is 19.0. The summed E-state index contributed by atoms with van der Waals surface area (Å²) in [5.41, 5.74) is 1.80. The molecule has 0 radical (unpaired) electrons. The first-order chi connectivity index (χ1) is 7.41. The van der Waals surface area contributed by atoms with Crippen LogP contribution >= 0.6 is 15.9 Å². The lowest BCUT2D eigenvalue weighted by Crippen LogP contribution is -2.28. The van der Waals surface area contributed by atoms with Crippen LogP contribution in [-0.4, -0.2) is 29.9 Å². The van der Waals surface area contributed by atoms with Gasteiger partial charge in [0.2, 0.25) is 0 Å². The lowest BCUT2D eigenvalue weighted by molar-refractivity contribution is 0.195. The molecule has 0 aliphatic heterocycles. The van der Waals surface area contributed by atoms with Crippen molar-refractivity contribution in [2.24, 2.45) is 0 Å². The fraction of sp³-hybridized carbons (Fsp3) is 0.500. The molecule has 0 amide bonds. The van der Waals surface area contributed by atoms with Crippen molar-refractivity contribution in [1.82, 2.24) is 0 Å². The molecule has 0 spiro atoms. The van der Waals surface area contributed by atoms with Crippen LogP contribution in [0.4, 0.5) is 5.69 Å². The van der Waals surface area contributed by atoms with Crippen molar-refractivity contribution in [3.05, 3.63) is 28.2 Å². The summed E-state index contributed by atoms with van der Waals surface area (Å²) in [6.45, 7) is 4.02. The van der Waals surface area contributed by atoms with Crippen LogP contribution in [0.2, 0.25) is 0 Å². The quantitative estimate of drug-likeness (QED) is 0.893.